The monoisotopic (exact) mass is 649 g/mol. The predicted molar refractivity (Wildman–Crippen MR) is 179 cm³/mol. The van der Waals surface area contributed by atoms with Crippen LogP contribution in [0.1, 0.15) is 55.2 Å². The highest BCUT2D eigenvalue weighted by atomic mass is 32.1. The van der Waals surface area contributed by atoms with Crippen molar-refractivity contribution in [3.05, 3.63) is 143 Å². The van der Waals surface area contributed by atoms with Gasteiger partial charge in [0.15, 0.2) is 4.80 Å². The van der Waals surface area contributed by atoms with Crippen molar-refractivity contribution in [2.45, 2.75) is 32.7 Å². The van der Waals surface area contributed by atoms with Crippen LogP contribution in [0, 0.1) is 10.1 Å². The largest absolute Gasteiger partial charge is 0.496 e. The third-order valence-corrected chi connectivity index (χ3v) is 8.84. The van der Waals surface area contributed by atoms with E-state index in [1.54, 1.807) is 35.8 Å². The lowest BCUT2D eigenvalue weighted by Crippen LogP contribution is -2.40. The second-order valence-electron chi connectivity index (χ2n) is 11.1. The SMILES string of the molecule is CCOC(=O)C1=C(c2ccccc2)N=c2s/c(=C\c3ccc(-c4ccc([N+](=O)[O-])cc4OC)o3)c(=O)n2[C@H]1c1ccc(C(C)C)cc1. The van der Waals surface area contributed by atoms with Crippen molar-refractivity contribution in [2.75, 3.05) is 13.7 Å². The number of fused-ring (bicyclic) bond motifs is 1. The molecule has 0 unspecified atom stereocenters. The highest BCUT2D eigenvalue weighted by molar-refractivity contribution is 7.07. The molecule has 0 bridgehead atoms. The summed E-state index contributed by atoms with van der Waals surface area (Å²) in [6.07, 6.45) is 1.63. The third-order valence-electron chi connectivity index (χ3n) is 7.85. The van der Waals surface area contributed by atoms with E-state index in [1.165, 1.54) is 30.6 Å². The van der Waals surface area contributed by atoms with Gasteiger partial charge in [-0.25, -0.2) is 9.79 Å². The van der Waals surface area contributed by atoms with Gasteiger partial charge in [-0.1, -0.05) is 79.8 Å². The number of aromatic nitrogens is 1. The molecule has 0 amide bonds. The molecule has 0 aliphatic carbocycles. The molecule has 0 N–H and O–H groups in total. The molecule has 1 atom stereocenters. The molecule has 0 fully saturated rings. The van der Waals surface area contributed by atoms with Crippen molar-refractivity contribution in [3.8, 4) is 17.1 Å². The lowest BCUT2D eigenvalue weighted by molar-refractivity contribution is -0.384. The molecular formula is C36H31N3O7S. The van der Waals surface area contributed by atoms with Crippen molar-refractivity contribution in [2.24, 2.45) is 4.99 Å². The molecule has 5 aromatic rings. The number of carbonyl (C=O) groups excluding carboxylic acids is 1. The Kier molecular flexibility index (Phi) is 8.73. The van der Waals surface area contributed by atoms with Crippen LogP contribution in [0.4, 0.5) is 5.69 Å². The summed E-state index contributed by atoms with van der Waals surface area (Å²) >= 11 is 1.19. The molecule has 2 aromatic heterocycles. The van der Waals surface area contributed by atoms with Crippen LogP contribution in [0.15, 0.2) is 105 Å². The van der Waals surface area contributed by atoms with Crippen LogP contribution < -0.4 is 19.6 Å². The Morgan fingerprint density at radius 2 is 1.83 bits per heavy atom. The van der Waals surface area contributed by atoms with Crippen LogP contribution in [0.5, 0.6) is 5.75 Å². The zero-order valence-corrected chi connectivity index (χ0v) is 26.9. The van der Waals surface area contributed by atoms with E-state index in [0.29, 0.717) is 38.0 Å². The van der Waals surface area contributed by atoms with Gasteiger partial charge in [0.2, 0.25) is 0 Å². The van der Waals surface area contributed by atoms with Gasteiger partial charge in [0, 0.05) is 17.7 Å². The number of benzene rings is 3. The van der Waals surface area contributed by atoms with Crippen molar-refractivity contribution in [1.29, 1.82) is 0 Å². The predicted octanol–water partition coefficient (Wildman–Crippen LogP) is 6.24. The fraction of sp³-hybridized carbons (Fsp3) is 0.194. The van der Waals surface area contributed by atoms with E-state index < -0.39 is 16.9 Å². The molecule has 238 valence electrons. The summed E-state index contributed by atoms with van der Waals surface area (Å²) in [5.74, 6) is 0.833. The second-order valence-corrected chi connectivity index (χ2v) is 12.1. The van der Waals surface area contributed by atoms with Gasteiger partial charge < -0.3 is 13.9 Å². The first-order valence-corrected chi connectivity index (χ1v) is 15.8. The maximum absolute atomic E-state index is 14.2. The molecule has 1 aliphatic heterocycles. The molecule has 0 radical (unpaired) electrons. The second kappa shape index (κ2) is 13.1. The van der Waals surface area contributed by atoms with Crippen molar-refractivity contribution >= 4 is 34.8 Å². The van der Waals surface area contributed by atoms with Gasteiger partial charge in [0.1, 0.15) is 17.3 Å². The zero-order chi connectivity index (χ0) is 33.2. The van der Waals surface area contributed by atoms with E-state index in [-0.39, 0.29) is 29.2 Å². The van der Waals surface area contributed by atoms with Crippen LogP contribution in [0.2, 0.25) is 0 Å². The van der Waals surface area contributed by atoms with E-state index in [2.05, 4.69) is 13.8 Å². The summed E-state index contributed by atoms with van der Waals surface area (Å²) in [6.45, 7) is 6.11. The summed E-state index contributed by atoms with van der Waals surface area (Å²) in [6, 6.07) is 24.2. The Bertz CT molecular complexity index is 2190. The van der Waals surface area contributed by atoms with Crippen LogP contribution >= 0.6 is 11.3 Å². The van der Waals surface area contributed by atoms with Crippen molar-refractivity contribution < 1.29 is 23.6 Å². The molecule has 0 saturated carbocycles. The van der Waals surface area contributed by atoms with Gasteiger partial charge in [-0.15, -0.1) is 0 Å². The number of ether oxygens (including phenoxy) is 2. The van der Waals surface area contributed by atoms with Crippen LogP contribution in [-0.2, 0) is 9.53 Å². The number of hydrogen-bond donors (Lipinski definition) is 0. The van der Waals surface area contributed by atoms with Crippen LogP contribution in [-0.4, -0.2) is 29.2 Å². The Morgan fingerprint density at radius 3 is 2.49 bits per heavy atom. The maximum Gasteiger partial charge on any atom is 0.338 e. The Hall–Kier alpha value is -5.55. The normalized spacial score (nSPS) is 14.6. The fourth-order valence-electron chi connectivity index (χ4n) is 5.52. The highest BCUT2D eigenvalue weighted by Crippen LogP contribution is 2.36. The van der Waals surface area contributed by atoms with Crippen LogP contribution in [0.3, 0.4) is 0 Å². The minimum absolute atomic E-state index is 0.107. The first-order valence-electron chi connectivity index (χ1n) is 15.0. The number of nitrogens with zero attached hydrogens (tertiary/aromatic N) is 3. The molecule has 0 spiro atoms. The minimum Gasteiger partial charge on any atom is -0.496 e. The van der Waals surface area contributed by atoms with Gasteiger partial charge in [0.25, 0.3) is 11.2 Å². The highest BCUT2D eigenvalue weighted by Gasteiger charge is 2.35. The molecule has 1 aliphatic rings. The molecule has 10 nitrogen and oxygen atoms in total. The molecule has 3 heterocycles. The quantitative estimate of drug-likeness (QED) is 0.105. The Balaban J connectivity index is 1.53. The Morgan fingerprint density at radius 1 is 1.09 bits per heavy atom. The minimum atomic E-state index is -0.791. The van der Waals surface area contributed by atoms with Crippen molar-refractivity contribution in [3.63, 3.8) is 0 Å². The number of furan rings is 1. The van der Waals surface area contributed by atoms with Gasteiger partial charge in [-0.2, -0.15) is 0 Å². The lowest BCUT2D eigenvalue weighted by atomic mass is 9.91. The number of nitro benzene ring substituents is 1. The van der Waals surface area contributed by atoms with Gasteiger partial charge >= 0.3 is 5.97 Å². The average molecular weight is 650 g/mol. The fourth-order valence-corrected chi connectivity index (χ4v) is 6.50. The molecule has 3 aromatic carbocycles. The number of rotatable bonds is 9. The summed E-state index contributed by atoms with van der Waals surface area (Å²) in [7, 11) is 1.42. The number of nitro groups is 1. The average Bonchev–Trinajstić information content (AvgIpc) is 3.67. The number of thiazole rings is 1. The molecule has 47 heavy (non-hydrogen) atoms. The summed E-state index contributed by atoms with van der Waals surface area (Å²) in [5.41, 5.74) is 3.40. The molecule has 11 heteroatoms. The van der Waals surface area contributed by atoms with E-state index >= 15 is 0 Å². The van der Waals surface area contributed by atoms with E-state index in [9.17, 15) is 19.7 Å². The van der Waals surface area contributed by atoms with E-state index in [1.807, 2.05) is 54.6 Å². The lowest BCUT2D eigenvalue weighted by Gasteiger charge is -2.26. The number of carbonyl (C=O) groups is 1. The molecule has 0 saturated heterocycles. The summed E-state index contributed by atoms with van der Waals surface area (Å²) in [5, 5.41) is 11.2. The van der Waals surface area contributed by atoms with Gasteiger partial charge in [-0.05, 0) is 42.2 Å². The van der Waals surface area contributed by atoms with Gasteiger partial charge in [-0.3, -0.25) is 19.5 Å². The Labute approximate surface area is 273 Å². The maximum atomic E-state index is 14.2. The van der Waals surface area contributed by atoms with E-state index in [4.69, 9.17) is 18.9 Å². The topological polar surface area (TPSA) is 126 Å². The zero-order valence-electron chi connectivity index (χ0n) is 26.1. The standard InChI is InChI=1S/C36H31N3O7S/c1-5-45-35(41)31-32(23-9-7-6-8-10-23)37-36-38(33(31)24-13-11-22(12-14-24)21(2)3)34(40)30(47-36)20-26-16-18-28(46-26)27-17-15-25(39(42)43)19-29(27)44-4/h6-21,33H,5H2,1-4H3/b30-20-/t33-/m0/s1. The number of non-ortho nitro benzene ring substituents is 1. The summed E-state index contributed by atoms with van der Waals surface area (Å²) in [4.78, 5) is 43.9. The first kappa shape index (κ1) is 31.4. The van der Waals surface area contributed by atoms with E-state index in [0.717, 1.165) is 16.7 Å². The third kappa shape index (κ3) is 6.05. The number of esters is 1. The smallest absolute Gasteiger partial charge is 0.338 e. The van der Waals surface area contributed by atoms with Crippen LogP contribution in [0.25, 0.3) is 23.1 Å². The first-order chi connectivity index (χ1) is 22.7. The van der Waals surface area contributed by atoms with Crippen molar-refractivity contribution in [1.82, 2.24) is 4.57 Å². The summed E-state index contributed by atoms with van der Waals surface area (Å²) < 4.78 is 18.9. The molecular weight excluding hydrogens is 618 g/mol. The molecule has 6 rings (SSSR count). The number of methoxy groups -OCH3 is 1. The number of hydrogen-bond acceptors (Lipinski definition) is 9. The van der Waals surface area contributed by atoms with Gasteiger partial charge in [0.05, 0.1) is 52.1 Å².